The molecule has 27 heavy (non-hydrogen) atoms. The SMILES string of the molecule is C=CCn1nnnc1NCc1ccc(OCc2ccc(C)cc2)c(OC)c1. The van der Waals surface area contributed by atoms with Crippen molar-refractivity contribution >= 4 is 5.95 Å². The van der Waals surface area contributed by atoms with Crippen molar-refractivity contribution in [1.82, 2.24) is 20.2 Å². The summed E-state index contributed by atoms with van der Waals surface area (Å²) in [6.45, 7) is 7.36. The predicted octanol–water partition coefficient (Wildman–Crippen LogP) is 3.37. The molecule has 3 aromatic rings. The van der Waals surface area contributed by atoms with E-state index in [1.165, 1.54) is 5.56 Å². The number of allylic oxidation sites excluding steroid dienone is 1. The summed E-state index contributed by atoms with van der Waals surface area (Å²) < 4.78 is 13.0. The van der Waals surface area contributed by atoms with E-state index >= 15 is 0 Å². The summed E-state index contributed by atoms with van der Waals surface area (Å²) in [7, 11) is 1.63. The van der Waals surface area contributed by atoms with E-state index in [4.69, 9.17) is 9.47 Å². The fourth-order valence-corrected chi connectivity index (χ4v) is 2.54. The Morgan fingerprint density at radius 1 is 1.11 bits per heavy atom. The summed E-state index contributed by atoms with van der Waals surface area (Å²) in [5, 5.41) is 14.7. The minimum absolute atomic E-state index is 0.491. The standard InChI is InChI=1S/C20H23N5O2/c1-4-11-25-20(22-23-24-25)21-13-17-9-10-18(19(12-17)26-3)27-14-16-7-5-15(2)6-8-16/h4-10,12H,1,11,13-14H2,2-3H3,(H,21,22,24). The molecule has 0 aliphatic carbocycles. The fourth-order valence-electron chi connectivity index (χ4n) is 2.54. The van der Waals surface area contributed by atoms with Crippen LogP contribution in [-0.2, 0) is 19.7 Å². The van der Waals surface area contributed by atoms with Gasteiger partial charge in [0.15, 0.2) is 11.5 Å². The van der Waals surface area contributed by atoms with Crippen molar-refractivity contribution in [2.45, 2.75) is 26.6 Å². The smallest absolute Gasteiger partial charge is 0.243 e. The predicted molar refractivity (Wildman–Crippen MR) is 104 cm³/mol. The van der Waals surface area contributed by atoms with E-state index in [9.17, 15) is 0 Å². The molecular formula is C20H23N5O2. The largest absolute Gasteiger partial charge is 0.493 e. The van der Waals surface area contributed by atoms with Gasteiger partial charge >= 0.3 is 0 Å². The van der Waals surface area contributed by atoms with E-state index < -0.39 is 0 Å². The Bertz CT molecular complexity index is 890. The Labute approximate surface area is 158 Å². The highest BCUT2D eigenvalue weighted by Crippen LogP contribution is 2.29. The molecule has 7 heteroatoms. The second-order valence-electron chi connectivity index (χ2n) is 6.09. The molecule has 0 aliphatic rings. The van der Waals surface area contributed by atoms with E-state index in [0.29, 0.717) is 37.1 Å². The Morgan fingerprint density at radius 2 is 1.89 bits per heavy atom. The number of methoxy groups -OCH3 is 1. The first-order valence-electron chi connectivity index (χ1n) is 8.66. The first kappa shape index (κ1) is 18.4. The lowest BCUT2D eigenvalue weighted by molar-refractivity contribution is 0.284. The van der Waals surface area contributed by atoms with Crippen molar-refractivity contribution < 1.29 is 9.47 Å². The number of aryl methyl sites for hydroxylation is 1. The molecule has 0 fully saturated rings. The zero-order valence-corrected chi connectivity index (χ0v) is 15.6. The van der Waals surface area contributed by atoms with Crippen LogP contribution in [0.15, 0.2) is 55.1 Å². The topological polar surface area (TPSA) is 74.1 Å². The van der Waals surface area contributed by atoms with Crippen molar-refractivity contribution in [3.63, 3.8) is 0 Å². The molecule has 7 nitrogen and oxygen atoms in total. The lowest BCUT2D eigenvalue weighted by Crippen LogP contribution is -2.08. The number of tetrazole rings is 1. The second-order valence-corrected chi connectivity index (χ2v) is 6.09. The Balaban J connectivity index is 1.63. The van der Waals surface area contributed by atoms with Gasteiger partial charge in [-0.05, 0) is 40.6 Å². The Hall–Kier alpha value is -3.35. The number of anilines is 1. The molecule has 0 unspecified atom stereocenters. The first-order chi connectivity index (χ1) is 13.2. The van der Waals surface area contributed by atoms with Crippen LogP contribution in [0.5, 0.6) is 11.5 Å². The number of rotatable bonds is 9. The third-order valence-electron chi connectivity index (χ3n) is 4.03. The molecule has 0 saturated carbocycles. The molecule has 0 atom stereocenters. The zero-order chi connectivity index (χ0) is 19.1. The van der Waals surface area contributed by atoms with Gasteiger partial charge in [-0.15, -0.1) is 6.58 Å². The van der Waals surface area contributed by atoms with Crippen LogP contribution >= 0.6 is 0 Å². The molecule has 3 rings (SSSR count). The van der Waals surface area contributed by atoms with Crippen molar-refractivity contribution in [2.75, 3.05) is 12.4 Å². The van der Waals surface area contributed by atoms with Crippen LogP contribution in [0.2, 0.25) is 0 Å². The average molecular weight is 365 g/mol. The fraction of sp³-hybridized carbons (Fsp3) is 0.250. The normalized spacial score (nSPS) is 10.4. The molecule has 1 heterocycles. The average Bonchev–Trinajstić information content (AvgIpc) is 3.13. The molecule has 0 bridgehead atoms. The lowest BCUT2D eigenvalue weighted by Gasteiger charge is -2.13. The molecule has 0 spiro atoms. The minimum atomic E-state index is 0.491. The van der Waals surface area contributed by atoms with Gasteiger partial charge < -0.3 is 14.8 Å². The maximum atomic E-state index is 5.92. The van der Waals surface area contributed by atoms with E-state index in [0.717, 1.165) is 11.1 Å². The van der Waals surface area contributed by atoms with Crippen LogP contribution in [0, 0.1) is 6.92 Å². The van der Waals surface area contributed by atoms with Crippen molar-refractivity contribution in [2.24, 2.45) is 0 Å². The van der Waals surface area contributed by atoms with Crippen LogP contribution in [0.3, 0.4) is 0 Å². The Kier molecular flexibility index (Phi) is 6.04. The lowest BCUT2D eigenvalue weighted by atomic mass is 10.1. The van der Waals surface area contributed by atoms with Crippen molar-refractivity contribution in [3.05, 3.63) is 71.8 Å². The summed E-state index contributed by atoms with van der Waals surface area (Å²) >= 11 is 0. The Morgan fingerprint density at radius 3 is 2.63 bits per heavy atom. The van der Waals surface area contributed by atoms with E-state index in [1.807, 2.05) is 18.2 Å². The summed E-state index contributed by atoms with van der Waals surface area (Å²) in [6.07, 6.45) is 1.74. The van der Waals surface area contributed by atoms with Gasteiger partial charge in [-0.3, -0.25) is 0 Å². The highest BCUT2D eigenvalue weighted by molar-refractivity contribution is 5.44. The third-order valence-corrected chi connectivity index (χ3v) is 4.03. The number of nitrogens with one attached hydrogen (secondary N) is 1. The van der Waals surface area contributed by atoms with Crippen molar-refractivity contribution in [1.29, 1.82) is 0 Å². The summed E-state index contributed by atoms with van der Waals surface area (Å²) in [5.74, 6) is 1.99. The molecule has 1 N–H and O–H groups in total. The van der Waals surface area contributed by atoms with Gasteiger partial charge in [0.25, 0.3) is 0 Å². The number of aromatic nitrogens is 4. The molecule has 0 radical (unpaired) electrons. The molecule has 1 aromatic heterocycles. The minimum Gasteiger partial charge on any atom is -0.493 e. The monoisotopic (exact) mass is 365 g/mol. The van der Waals surface area contributed by atoms with Gasteiger partial charge in [0.2, 0.25) is 5.95 Å². The van der Waals surface area contributed by atoms with E-state index in [-0.39, 0.29) is 0 Å². The summed E-state index contributed by atoms with van der Waals surface area (Å²) in [5.41, 5.74) is 3.37. The molecule has 0 aliphatic heterocycles. The van der Waals surface area contributed by atoms with Crippen LogP contribution in [0.25, 0.3) is 0 Å². The number of hydrogen-bond acceptors (Lipinski definition) is 6. The van der Waals surface area contributed by atoms with Crippen LogP contribution in [0.4, 0.5) is 5.95 Å². The number of benzene rings is 2. The molecular weight excluding hydrogens is 342 g/mol. The van der Waals surface area contributed by atoms with Crippen LogP contribution < -0.4 is 14.8 Å². The van der Waals surface area contributed by atoms with Gasteiger partial charge in [-0.25, -0.2) is 4.68 Å². The van der Waals surface area contributed by atoms with Crippen LogP contribution in [0.1, 0.15) is 16.7 Å². The summed E-state index contributed by atoms with van der Waals surface area (Å²) in [6, 6.07) is 14.1. The van der Waals surface area contributed by atoms with Gasteiger partial charge in [0.05, 0.1) is 13.7 Å². The zero-order valence-electron chi connectivity index (χ0n) is 15.6. The molecule has 0 amide bonds. The highest BCUT2D eigenvalue weighted by Gasteiger charge is 2.08. The molecule has 2 aromatic carbocycles. The number of nitrogens with zero attached hydrogens (tertiary/aromatic N) is 4. The molecule has 140 valence electrons. The first-order valence-corrected chi connectivity index (χ1v) is 8.66. The third kappa shape index (κ3) is 4.84. The van der Waals surface area contributed by atoms with Gasteiger partial charge in [0.1, 0.15) is 6.61 Å². The highest BCUT2D eigenvalue weighted by atomic mass is 16.5. The molecule has 0 saturated heterocycles. The van der Waals surface area contributed by atoms with Gasteiger partial charge in [-0.2, -0.15) is 0 Å². The quantitative estimate of drug-likeness (QED) is 0.586. The van der Waals surface area contributed by atoms with Crippen LogP contribution in [-0.4, -0.2) is 27.3 Å². The van der Waals surface area contributed by atoms with Crippen molar-refractivity contribution in [3.8, 4) is 11.5 Å². The summed E-state index contributed by atoms with van der Waals surface area (Å²) in [4.78, 5) is 0. The van der Waals surface area contributed by atoms with Gasteiger partial charge in [0, 0.05) is 6.54 Å². The van der Waals surface area contributed by atoms with Gasteiger partial charge in [-0.1, -0.05) is 47.1 Å². The van der Waals surface area contributed by atoms with E-state index in [2.05, 4.69) is 58.6 Å². The number of hydrogen-bond donors (Lipinski definition) is 1. The maximum absolute atomic E-state index is 5.92. The number of ether oxygens (including phenoxy) is 2. The van der Waals surface area contributed by atoms with E-state index in [1.54, 1.807) is 17.9 Å². The second kappa shape index (κ2) is 8.84. The maximum Gasteiger partial charge on any atom is 0.243 e.